The van der Waals surface area contributed by atoms with Crippen molar-refractivity contribution in [3.05, 3.63) is 0 Å². The number of rotatable bonds is 0. The fraction of sp³-hybridized carbons (Fsp3) is 0. The van der Waals surface area contributed by atoms with Crippen molar-refractivity contribution in [3.63, 3.8) is 0 Å². The fourth-order valence-electron chi connectivity index (χ4n) is 0. The van der Waals surface area contributed by atoms with E-state index in [9.17, 15) is 0 Å². The summed E-state index contributed by atoms with van der Waals surface area (Å²) in [6.07, 6.45) is 0. The Morgan fingerprint density at radius 1 is 1.20 bits per heavy atom. The van der Waals surface area contributed by atoms with Gasteiger partial charge in [-0.2, -0.15) is 0 Å². The molecule has 0 rings (SSSR count). The van der Waals surface area contributed by atoms with Gasteiger partial charge in [0.05, 0.1) is 0 Å². The molecule has 5 heavy (non-hydrogen) atoms. The molecule has 0 aliphatic carbocycles. The lowest BCUT2D eigenvalue weighted by molar-refractivity contribution is 0.448. The maximum Gasteiger partial charge on any atom is 0.432 e. The van der Waals surface area contributed by atoms with E-state index in [0.29, 0.717) is 0 Å². The second kappa shape index (κ2) is 35.6. The summed E-state index contributed by atoms with van der Waals surface area (Å²) < 4.78 is 0. The van der Waals surface area contributed by atoms with E-state index in [1.54, 1.807) is 0 Å². The van der Waals surface area contributed by atoms with Gasteiger partial charge < -0.3 is 15.1 Å². The minimum Gasteiger partial charge on any atom is -0.458 e. The van der Waals surface area contributed by atoms with Crippen molar-refractivity contribution in [2.75, 3.05) is 0 Å². The van der Waals surface area contributed by atoms with Gasteiger partial charge >= 0.3 is 7.69 Å². The topological polar surface area (TPSA) is 60.7 Å². The van der Waals surface area contributed by atoms with Crippen LogP contribution in [0.4, 0.5) is 0 Å². The van der Waals surface area contributed by atoms with Gasteiger partial charge in [-0.05, 0) is 0 Å². The molecule has 5 heteroatoms. The van der Waals surface area contributed by atoms with E-state index in [1.165, 1.54) is 0 Å². The summed E-state index contributed by atoms with van der Waals surface area (Å²) in [5.41, 5.74) is 0. The zero-order valence-corrected chi connectivity index (χ0v) is 3.05. The summed E-state index contributed by atoms with van der Waals surface area (Å²) in [5, 5.41) is 21.2. The van der Waals surface area contributed by atoms with Crippen LogP contribution in [-0.4, -0.2) is 30.8 Å². The summed E-state index contributed by atoms with van der Waals surface area (Å²) in [7, 11) is 0.250. The van der Waals surface area contributed by atoms with Crippen molar-refractivity contribution in [1.82, 2.24) is 0 Å². The molecular weight excluding hydrogens is 69.6 g/mol. The van der Waals surface area contributed by atoms with E-state index < -0.39 is 7.69 Å². The van der Waals surface area contributed by atoms with Crippen LogP contribution in [0.5, 0.6) is 0 Å². The highest BCUT2D eigenvalue weighted by atomic mass is 16.4. The summed E-state index contributed by atoms with van der Waals surface area (Å²) >= 11 is 0. The second-order valence-corrected chi connectivity index (χ2v) is 0.141. The average molecular weight is 75.7 g/mol. The highest BCUT2D eigenvalue weighted by Crippen LogP contribution is 1.08. The van der Waals surface area contributed by atoms with Crippen molar-refractivity contribution in [2.45, 2.75) is 0 Å². The van der Waals surface area contributed by atoms with Gasteiger partial charge in [0.1, 0.15) is 0 Å². The lowest BCUT2D eigenvalue weighted by Crippen LogP contribution is -1.75. The molecule has 3 N–H and O–H groups in total. The molecule has 0 fully saturated rings. The average Bonchev–Trinajstić information content (AvgIpc) is 1.46. The number of hydrogen-bond acceptors (Lipinski definition) is 3. The SMILES string of the molecule is BO.OBO. The van der Waals surface area contributed by atoms with Crippen LogP contribution < -0.4 is 0 Å². The third-order valence-electron chi connectivity index (χ3n) is 0. The minimum atomic E-state index is -0.750. The maximum atomic E-state index is 7.12. The van der Waals surface area contributed by atoms with Gasteiger partial charge in [0, 0.05) is 0 Å². The largest absolute Gasteiger partial charge is 0.458 e. The van der Waals surface area contributed by atoms with E-state index in [2.05, 4.69) is 0 Å². The molecule has 0 aromatic heterocycles. The van der Waals surface area contributed by atoms with Gasteiger partial charge in [-0.15, -0.1) is 0 Å². The zero-order valence-electron chi connectivity index (χ0n) is 3.05. The minimum absolute atomic E-state index is 0.750. The second-order valence-electron chi connectivity index (χ2n) is 0.141. The predicted molar refractivity (Wildman–Crippen MR) is 22.3 cm³/mol. The standard InChI is InChI=1S/BH3O2.BH3O/c2-1-3;1-2/h1-3H;2H,1H2. The van der Waals surface area contributed by atoms with E-state index in [4.69, 9.17) is 15.1 Å². The fourth-order valence-corrected chi connectivity index (χ4v) is 0. The van der Waals surface area contributed by atoms with Crippen LogP contribution in [-0.2, 0) is 0 Å². The van der Waals surface area contributed by atoms with Crippen molar-refractivity contribution in [2.24, 2.45) is 0 Å². The first-order valence-electron chi connectivity index (χ1n) is 1.08. The predicted octanol–water partition coefficient (Wildman–Crippen LogP) is -3.24. The Morgan fingerprint density at radius 3 is 1.20 bits per heavy atom. The van der Waals surface area contributed by atoms with Crippen LogP contribution in [0.25, 0.3) is 0 Å². The molecule has 0 atom stereocenters. The van der Waals surface area contributed by atoms with Gasteiger partial charge in [-0.1, -0.05) is 0 Å². The summed E-state index contributed by atoms with van der Waals surface area (Å²) in [4.78, 5) is 0. The smallest absolute Gasteiger partial charge is 0.432 e. The number of hydrogen-bond donors (Lipinski definition) is 3. The quantitative estimate of drug-likeness (QED) is 0.265. The molecule has 0 unspecified atom stereocenters. The van der Waals surface area contributed by atoms with Gasteiger partial charge in [0.15, 0.2) is 0 Å². The van der Waals surface area contributed by atoms with Crippen molar-refractivity contribution in [1.29, 1.82) is 0 Å². The molecule has 0 aromatic rings. The highest BCUT2D eigenvalue weighted by Gasteiger charge is 1.48. The monoisotopic (exact) mass is 76.1 g/mol. The van der Waals surface area contributed by atoms with Crippen LogP contribution >= 0.6 is 0 Å². The van der Waals surface area contributed by atoms with E-state index in [0.717, 1.165) is 8.05 Å². The lowest BCUT2D eigenvalue weighted by atomic mass is 10.5. The summed E-state index contributed by atoms with van der Waals surface area (Å²) in [6.45, 7) is 0. The molecule has 30 valence electrons. The van der Waals surface area contributed by atoms with E-state index >= 15 is 0 Å². The third kappa shape index (κ3) is 166000. The molecular formula is H6B2O3. The summed E-state index contributed by atoms with van der Waals surface area (Å²) in [6, 6.07) is 0. The molecule has 0 amide bonds. The Morgan fingerprint density at radius 2 is 1.20 bits per heavy atom. The van der Waals surface area contributed by atoms with Crippen molar-refractivity contribution >= 4 is 15.7 Å². The van der Waals surface area contributed by atoms with Crippen LogP contribution in [0, 0.1) is 0 Å². The molecule has 0 radical (unpaired) electrons. The first-order valence-corrected chi connectivity index (χ1v) is 1.08. The third-order valence-corrected chi connectivity index (χ3v) is 0. The Hall–Kier alpha value is 0.00987. The van der Waals surface area contributed by atoms with Crippen LogP contribution in [0.1, 0.15) is 0 Å². The van der Waals surface area contributed by atoms with Crippen molar-refractivity contribution < 1.29 is 15.1 Å². The van der Waals surface area contributed by atoms with E-state index in [1.807, 2.05) is 0 Å². The Balaban J connectivity index is 0. The molecule has 0 saturated heterocycles. The normalized spacial score (nSPS) is 3.80. The van der Waals surface area contributed by atoms with E-state index in [-0.39, 0.29) is 0 Å². The van der Waals surface area contributed by atoms with Crippen LogP contribution in [0.15, 0.2) is 0 Å². The maximum absolute atomic E-state index is 7.12. The van der Waals surface area contributed by atoms with Crippen LogP contribution in [0.3, 0.4) is 0 Å². The molecule has 0 saturated carbocycles. The van der Waals surface area contributed by atoms with Gasteiger partial charge in [-0.3, -0.25) is 0 Å². The molecule has 0 aromatic carbocycles. The van der Waals surface area contributed by atoms with Gasteiger partial charge in [-0.25, -0.2) is 0 Å². The Bertz CT molecular complexity index is 4.85. The Labute approximate surface area is 32.0 Å². The lowest BCUT2D eigenvalue weighted by Gasteiger charge is -1.48. The Kier molecular flexibility index (Phi) is 63.3. The van der Waals surface area contributed by atoms with Crippen molar-refractivity contribution in [3.8, 4) is 0 Å². The first-order chi connectivity index (χ1) is 2.41. The molecule has 0 spiro atoms. The molecule has 3 nitrogen and oxygen atoms in total. The highest BCUT2D eigenvalue weighted by molar-refractivity contribution is 6.13. The zero-order chi connectivity index (χ0) is 4.71. The molecule has 0 heterocycles. The van der Waals surface area contributed by atoms with Gasteiger partial charge in [0.2, 0.25) is 0 Å². The molecule has 0 aliphatic heterocycles. The molecule has 0 bridgehead atoms. The first kappa shape index (κ1) is 8.89. The van der Waals surface area contributed by atoms with Crippen LogP contribution in [0.2, 0.25) is 0 Å². The molecule has 0 aliphatic rings. The summed E-state index contributed by atoms with van der Waals surface area (Å²) in [5.74, 6) is 0. The van der Waals surface area contributed by atoms with Gasteiger partial charge in [0.25, 0.3) is 8.05 Å².